The molecular weight excluding hydrogens is 316 g/mol. The number of carbonyl (C=O) groups excluding carboxylic acids is 1. The van der Waals surface area contributed by atoms with Gasteiger partial charge >= 0.3 is 6.03 Å². The Morgan fingerprint density at radius 3 is 3.04 bits per heavy atom. The van der Waals surface area contributed by atoms with Crippen molar-refractivity contribution in [2.24, 2.45) is 0 Å². The molecule has 0 spiro atoms. The highest BCUT2D eigenvalue weighted by molar-refractivity contribution is 6.30. The minimum atomic E-state index is -0.153. The lowest BCUT2D eigenvalue weighted by Gasteiger charge is -2.32. The molecule has 1 aliphatic rings. The predicted molar refractivity (Wildman–Crippen MR) is 87.7 cm³/mol. The van der Waals surface area contributed by atoms with Gasteiger partial charge in [-0.05, 0) is 37.1 Å². The van der Waals surface area contributed by atoms with Crippen LogP contribution in [0.1, 0.15) is 12.8 Å². The van der Waals surface area contributed by atoms with Crippen LogP contribution >= 0.6 is 11.6 Å². The van der Waals surface area contributed by atoms with E-state index in [-0.39, 0.29) is 12.1 Å². The molecule has 1 aromatic carbocycles. The summed E-state index contributed by atoms with van der Waals surface area (Å²) in [5.41, 5.74) is 0.680. The largest absolute Gasteiger partial charge is 0.471 e. The average Bonchev–Trinajstić information content (AvgIpc) is 2.56. The van der Waals surface area contributed by atoms with Crippen LogP contribution in [0, 0.1) is 0 Å². The van der Waals surface area contributed by atoms with Gasteiger partial charge in [0.1, 0.15) is 6.10 Å². The molecule has 0 aliphatic carbocycles. The molecule has 1 saturated heterocycles. The van der Waals surface area contributed by atoms with Crippen molar-refractivity contribution in [2.45, 2.75) is 18.9 Å². The molecule has 2 aromatic rings. The van der Waals surface area contributed by atoms with Crippen LogP contribution in [0.2, 0.25) is 5.02 Å². The van der Waals surface area contributed by atoms with Crippen molar-refractivity contribution in [3.8, 4) is 5.88 Å². The van der Waals surface area contributed by atoms with E-state index in [0.717, 1.165) is 12.8 Å². The normalized spacial score (nSPS) is 17.6. The molecule has 2 amide bonds. The first-order valence-electron chi connectivity index (χ1n) is 7.46. The fraction of sp³-hybridized carbons (Fsp3) is 0.312. The molecule has 3 rings (SSSR count). The molecule has 120 valence electrons. The zero-order valence-electron chi connectivity index (χ0n) is 12.5. The molecule has 1 aromatic heterocycles. The number of halogens is 1. The van der Waals surface area contributed by atoms with Crippen molar-refractivity contribution in [3.05, 3.63) is 47.6 Å². The third kappa shape index (κ3) is 4.32. The summed E-state index contributed by atoms with van der Waals surface area (Å²) in [6.45, 7) is 1.22. The fourth-order valence-electron chi connectivity index (χ4n) is 2.51. The van der Waals surface area contributed by atoms with E-state index in [1.54, 1.807) is 47.5 Å². The Hall–Kier alpha value is -2.34. The van der Waals surface area contributed by atoms with Gasteiger partial charge in [0.25, 0.3) is 0 Å². The maximum absolute atomic E-state index is 12.4. The molecule has 0 saturated carbocycles. The molecule has 1 unspecified atom stereocenters. The van der Waals surface area contributed by atoms with Gasteiger partial charge < -0.3 is 15.0 Å². The molecule has 1 atom stereocenters. The zero-order chi connectivity index (χ0) is 16.1. The maximum atomic E-state index is 12.4. The molecular formula is C16H17ClN4O2. The number of hydrogen-bond acceptors (Lipinski definition) is 4. The highest BCUT2D eigenvalue weighted by Crippen LogP contribution is 2.19. The van der Waals surface area contributed by atoms with Gasteiger partial charge in [0.05, 0.1) is 6.54 Å². The van der Waals surface area contributed by atoms with E-state index < -0.39 is 0 Å². The molecule has 6 nitrogen and oxygen atoms in total. The van der Waals surface area contributed by atoms with Crippen LogP contribution in [-0.2, 0) is 0 Å². The number of hydrogen-bond donors (Lipinski definition) is 1. The number of anilines is 1. The fourth-order valence-corrected chi connectivity index (χ4v) is 2.70. The summed E-state index contributed by atoms with van der Waals surface area (Å²) >= 11 is 5.93. The Bertz CT molecular complexity index is 668. The lowest BCUT2D eigenvalue weighted by Crippen LogP contribution is -2.46. The lowest BCUT2D eigenvalue weighted by atomic mass is 10.1. The van der Waals surface area contributed by atoms with Gasteiger partial charge in [-0.3, -0.25) is 0 Å². The van der Waals surface area contributed by atoms with Crippen molar-refractivity contribution < 1.29 is 9.53 Å². The van der Waals surface area contributed by atoms with E-state index >= 15 is 0 Å². The second kappa shape index (κ2) is 7.28. The number of benzene rings is 1. The monoisotopic (exact) mass is 332 g/mol. The van der Waals surface area contributed by atoms with Crippen LogP contribution in [0.4, 0.5) is 10.5 Å². The van der Waals surface area contributed by atoms with Gasteiger partial charge in [0.2, 0.25) is 5.88 Å². The highest BCUT2D eigenvalue weighted by Gasteiger charge is 2.25. The summed E-state index contributed by atoms with van der Waals surface area (Å²) in [6, 6.07) is 10.5. The molecule has 1 aliphatic heterocycles. The number of ether oxygens (including phenoxy) is 1. The third-order valence-electron chi connectivity index (χ3n) is 3.58. The number of rotatable bonds is 3. The molecule has 0 bridgehead atoms. The Labute approximate surface area is 139 Å². The predicted octanol–water partition coefficient (Wildman–Crippen LogP) is 3.21. The summed E-state index contributed by atoms with van der Waals surface area (Å²) in [5, 5.41) is 11.1. The first kappa shape index (κ1) is 15.6. The van der Waals surface area contributed by atoms with Crippen molar-refractivity contribution in [2.75, 3.05) is 18.4 Å². The molecule has 1 N–H and O–H groups in total. The zero-order valence-corrected chi connectivity index (χ0v) is 13.2. The molecule has 23 heavy (non-hydrogen) atoms. The van der Waals surface area contributed by atoms with Crippen LogP contribution in [0.3, 0.4) is 0 Å². The van der Waals surface area contributed by atoms with Crippen LogP contribution in [-0.4, -0.2) is 40.3 Å². The topological polar surface area (TPSA) is 67.4 Å². The van der Waals surface area contributed by atoms with Crippen molar-refractivity contribution in [1.29, 1.82) is 0 Å². The van der Waals surface area contributed by atoms with E-state index in [2.05, 4.69) is 15.5 Å². The van der Waals surface area contributed by atoms with Gasteiger partial charge in [-0.25, -0.2) is 4.79 Å². The van der Waals surface area contributed by atoms with Crippen molar-refractivity contribution in [3.63, 3.8) is 0 Å². The van der Waals surface area contributed by atoms with Gasteiger partial charge in [0, 0.05) is 29.5 Å². The Morgan fingerprint density at radius 1 is 1.35 bits per heavy atom. The van der Waals surface area contributed by atoms with E-state index in [4.69, 9.17) is 16.3 Å². The van der Waals surface area contributed by atoms with Gasteiger partial charge in [-0.15, -0.1) is 5.10 Å². The highest BCUT2D eigenvalue weighted by atomic mass is 35.5. The van der Waals surface area contributed by atoms with Crippen molar-refractivity contribution in [1.82, 2.24) is 15.1 Å². The second-order valence-electron chi connectivity index (χ2n) is 5.33. The number of aromatic nitrogens is 2. The quantitative estimate of drug-likeness (QED) is 0.937. The summed E-state index contributed by atoms with van der Waals surface area (Å²) in [6.07, 6.45) is 3.29. The van der Waals surface area contributed by atoms with E-state index in [0.29, 0.717) is 29.7 Å². The molecule has 7 heteroatoms. The number of amides is 2. The van der Waals surface area contributed by atoms with E-state index in [9.17, 15) is 4.79 Å². The summed E-state index contributed by atoms with van der Waals surface area (Å²) in [7, 11) is 0. The van der Waals surface area contributed by atoms with Crippen LogP contribution in [0.5, 0.6) is 5.88 Å². The average molecular weight is 333 g/mol. The molecule has 1 fully saturated rings. The Balaban J connectivity index is 1.58. The van der Waals surface area contributed by atoms with Gasteiger partial charge in [-0.2, -0.15) is 5.10 Å². The Kier molecular flexibility index (Phi) is 4.92. The number of nitrogens with zero attached hydrogens (tertiary/aromatic N) is 3. The number of carbonyl (C=O) groups is 1. The van der Waals surface area contributed by atoms with Gasteiger partial charge in [0.15, 0.2) is 0 Å². The minimum absolute atomic E-state index is 0.0782. The minimum Gasteiger partial charge on any atom is -0.471 e. The van der Waals surface area contributed by atoms with Gasteiger partial charge in [-0.1, -0.05) is 17.7 Å². The van der Waals surface area contributed by atoms with Crippen LogP contribution < -0.4 is 10.1 Å². The van der Waals surface area contributed by atoms with Crippen molar-refractivity contribution >= 4 is 23.3 Å². The Morgan fingerprint density at radius 2 is 2.26 bits per heavy atom. The number of likely N-dealkylation sites (tertiary alicyclic amines) is 1. The summed E-state index contributed by atoms with van der Waals surface area (Å²) in [4.78, 5) is 14.1. The van der Waals surface area contributed by atoms with E-state index in [1.807, 2.05) is 0 Å². The number of piperidine rings is 1. The maximum Gasteiger partial charge on any atom is 0.321 e. The summed E-state index contributed by atoms with van der Waals surface area (Å²) in [5.74, 6) is 0.481. The van der Waals surface area contributed by atoms with Crippen LogP contribution in [0.15, 0.2) is 42.6 Å². The molecule has 0 radical (unpaired) electrons. The summed E-state index contributed by atoms with van der Waals surface area (Å²) < 4.78 is 5.79. The SMILES string of the molecule is O=C(Nc1cccc(Cl)c1)N1CCCC(Oc2cccnn2)C1. The van der Waals surface area contributed by atoms with E-state index in [1.165, 1.54) is 0 Å². The van der Waals surface area contributed by atoms with Crippen LogP contribution in [0.25, 0.3) is 0 Å². The standard InChI is InChI=1S/C16H17ClN4O2/c17-12-4-1-5-13(10-12)19-16(22)21-9-3-6-14(11-21)23-15-7-2-8-18-20-15/h1-2,4-5,7-8,10,14H,3,6,9,11H2,(H,19,22). The molecule has 2 heterocycles. The second-order valence-corrected chi connectivity index (χ2v) is 5.77. The lowest BCUT2D eigenvalue weighted by molar-refractivity contribution is 0.102. The first-order chi connectivity index (χ1) is 11.2. The number of urea groups is 1. The number of nitrogens with one attached hydrogen (secondary N) is 1. The smallest absolute Gasteiger partial charge is 0.321 e. The first-order valence-corrected chi connectivity index (χ1v) is 7.84. The third-order valence-corrected chi connectivity index (χ3v) is 3.81.